The highest BCUT2D eigenvalue weighted by molar-refractivity contribution is 5.95. The van der Waals surface area contributed by atoms with Gasteiger partial charge in [-0.1, -0.05) is 30.3 Å². The molecule has 3 rings (SSSR count). The van der Waals surface area contributed by atoms with Crippen LogP contribution < -0.4 is 10.1 Å². The molecule has 28 heavy (non-hydrogen) atoms. The van der Waals surface area contributed by atoms with E-state index in [1.54, 1.807) is 25.3 Å². The Morgan fingerprint density at radius 2 is 2.07 bits per heavy atom. The van der Waals surface area contributed by atoms with Crippen molar-refractivity contribution in [2.45, 2.75) is 19.5 Å². The van der Waals surface area contributed by atoms with E-state index in [0.29, 0.717) is 5.56 Å². The van der Waals surface area contributed by atoms with Crippen LogP contribution in [-0.2, 0) is 6.54 Å². The van der Waals surface area contributed by atoms with Crippen LogP contribution >= 0.6 is 0 Å². The summed E-state index contributed by atoms with van der Waals surface area (Å²) in [6.45, 7) is 2.15. The Kier molecular flexibility index (Phi) is 5.69. The molecule has 0 aliphatic rings. The van der Waals surface area contributed by atoms with E-state index in [1.165, 1.54) is 17.1 Å². The molecule has 1 heterocycles. The molecule has 0 aliphatic carbocycles. The van der Waals surface area contributed by atoms with Crippen molar-refractivity contribution >= 4 is 11.6 Å². The van der Waals surface area contributed by atoms with E-state index in [-0.39, 0.29) is 24.2 Å². The van der Waals surface area contributed by atoms with Gasteiger partial charge in [-0.05, 0) is 36.2 Å². The van der Waals surface area contributed by atoms with Gasteiger partial charge in [0.05, 0.1) is 24.6 Å². The Labute approximate surface area is 161 Å². The Balaban J connectivity index is 1.77. The zero-order valence-corrected chi connectivity index (χ0v) is 15.5. The van der Waals surface area contributed by atoms with Gasteiger partial charge in [0.1, 0.15) is 18.1 Å². The predicted molar refractivity (Wildman–Crippen MR) is 103 cm³/mol. The van der Waals surface area contributed by atoms with Crippen LogP contribution in [0.5, 0.6) is 5.75 Å². The van der Waals surface area contributed by atoms with Gasteiger partial charge in [-0.25, -0.2) is 0 Å². The fraction of sp³-hybridized carbons (Fsp3) is 0.200. The van der Waals surface area contributed by atoms with Crippen molar-refractivity contribution < 1.29 is 14.5 Å². The van der Waals surface area contributed by atoms with Crippen LogP contribution in [0.1, 0.15) is 34.5 Å². The Morgan fingerprint density at radius 3 is 2.79 bits per heavy atom. The monoisotopic (exact) mass is 380 g/mol. The molecule has 0 saturated heterocycles. The van der Waals surface area contributed by atoms with Gasteiger partial charge >= 0.3 is 5.69 Å². The summed E-state index contributed by atoms with van der Waals surface area (Å²) >= 11 is 0. The van der Waals surface area contributed by atoms with E-state index in [1.807, 2.05) is 37.3 Å². The van der Waals surface area contributed by atoms with Gasteiger partial charge in [0.2, 0.25) is 0 Å². The number of methoxy groups -OCH3 is 1. The normalized spacial score (nSPS) is 11.6. The van der Waals surface area contributed by atoms with Crippen LogP contribution in [0.2, 0.25) is 0 Å². The number of carbonyl (C=O) groups excluding carboxylic acids is 1. The van der Waals surface area contributed by atoms with Gasteiger partial charge < -0.3 is 10.1 Å². The average Bonchev–Trinajstić information content (AvgIpc) is 3.17. The average molecular weight is 380 g/mol. The first-order valence-electron chi connectivity index (χ1n) is 8.67. The number of nitrogens with one attached hydrogen (secondary N) is 1. The Morgan fingerprint density at radius 1 is 1.29 bits per heavy atom. The summed E-state index contributed by atoms with van der Waals surface area (Å²) in [6.07, 6.45) is 2.53. The number of nitrogens with zero attached hydrogens (tertiary/aromatic N) is 3. The molecule has 8 heteroatoms. The maximum Gasteiger partial charge on any atom is 0.307 e. The third-order valence-electron chi connectivity index (χ3n) is 4.37. The highest BCUT2D eigenvalue weighted by Gasteiger charge is 2.16. The summed E-state index contributed by atoms with van der Waals surface area (Å²) in [5.74, 6) is 0.492. The van der Waals surface area contributed by atoms with E-state index in [9.17, 15) is 14.9 Å². The summed E-state index contributed by atoms with van der Waals surface area (Å²) in [5, 5.41) is 17.8. The van der Waals surface area contributed by atoms with Crippen molar-refractivity contribution in [2.75, 3.05) is 7.11 Å². The van der Waals surface area contributed by atoms with E-state index in [4.69, 9.17) is 4.74 Å². The fourth-order valence-electron chi connectivity index (χ4n) is 2.86. The molecule has 1 unspecified atom stereocenters. The predicted octanol–water partition coefficient (Wildman–Crippen LogP) is 3.34. The maximum atomic E-state index is 12.8. The summed E-state index contributed by atoms with van der Waals surface area (Å²) in [5.41, 5.74) is 2.05. The van der Waals surface area contributed by atoms with Crippen LogP contribution in [0, 0.1) is 10.1 Å². The molecule has 1 amide bonds. The molecule has 2 aromatic carbocycles. The van der Waals surface area contributed by atoms with Crippen molar-refractivity contribution in [1.82, 2.24) is 15.1 Å². The van der Waals surface area contributed by atoms with Crippen molar-refractivity contribution in [3.63, 3.8) is 0 Å². The van der Waals surface area contributed by atoms with Crippen molar-refractivity contribution in [3.05, 3.63) is 87.7 Å². The number of nitro groups is 1. The van der Waals surface area contributed by atoms with Crippen molar-refractivity contribution in [1.29, 1.82) is 0 Å². The van der Waals surface area contributed by atoms with Gasteiger partial charge in [0.15, 0.2) is 0 Å². The number of aromatic nitrogens is 2. The molecule has 0 saturated carbocycles. The molecule has 1 atom stereocenters. The van der Waals surface area contributed by atoms with Crippen LogP contribution in [0.15, 0.2) is 60.9 Å². The molecule has 1 N–H and O–H groups in total. The SMILES string of the molecule is COc1cccc(C(C)NC(=O)c2ccccc2Cn2cc([N+](=O)[O-])cn2)c1. The number of carbonyl (C=O) groups is 1. The third kappa shape index (κ3) is 4.35. The lowest BCUT2D eigenvalue weighted by molar-refractivity contribution is -0.385. The zero-order valence-electron chi connectivity index (χ0n) is 15.5. The molecular weight excluding hydrogens is 360 g/mol. The highest BCUT2D eigenvalue weighted by atomic mass is 16.6. The van der Waals surface area contributed by atoms with Crippen LogP contribution in [0.25, 0.3) is 0 Å². The molecule has 0 bridgehead atoms. The number of hydrogen-bond acceptors (Lipinski definition) is 5. The number of benzene rings is 2. The third-order valence-corrected chi connectivity index (χ3v) is 4.37. The lowest BCUT2D eigenvalue weighted by atomic mass is 10.0. The molecule has 0 fully saturated rings. The standard InChI is InChI=1S/C20H20N4O4/c1-14(15-7-5-8-18(10-15)28-2)22-20(25)19-9-4-3-6-16(19)12-23-13-17(11-21-23)24(26)27/h3-11,13-14H,12H2,1-2H3,(H,22,25). The van der Waals surface area contributed by atoms with E-state index in [0.717, 1.165) is 16.9 Å². The Hall–Kier alpha value is -3.68. The minimum atomic E-state index is -0.502. The van der Waals surface area contributed by atoms with Crippen LogP contribution in [-0.4, -0.2) is 27.7 Å². The van der Waals surface area contributed by atoms with E-state index >= 15 is 0 Å². The lowest BCUT2D eigenvalue weighted by Crippen LogP contribution is -2.27. The molecule has 3 aromatic rings. The molecule has 0 aliphatic heterocycles. The lowest BCUT2D eigenvalue weighted by Gasteiger charge is -2.17. The van der Waals surface area contributed by atoms with Gasteiger partial charge in [-0.2, -0.15) is 5.10 Å². The van der Waals surface area contributed by atoms with Crippen molar-refractivity contribution in [2.24, 2.45) is 0 Å². The smallest absolute Gasteiger partial charge is 0.307 e. The second-order valence-electron chi connectivity index (χ2n) is 6.28. The molecule has 1 aromatic heterocycles. The number of hydrogen-bond donors (Lipinski definition) is 1. The number of rotatable bonds is 7. The van der Waals surface area contributed by atoms with E-state index in [2.05, 4.69) is 10.4 Å². The van der Waals surface area contributed by atoms with Crippen LogP contribution in [0.3, 0.4) is 0 Å². The van der Waals surface area contributed by atoms with Gasteiger partial charge in [-0.15, -0.1) is 0 Å². The topological polar surface area (TPSA) is 99.3 Å². The molecule has 0 radical (unpaired) electrons. The van der Waals surface area contributed by atoms with Crippen LogP contribution in [0.4, 0.5) is 5.69 Å². The zero-order chi connectivity index (χ0) is 20.1. The van der Waals surface area contributed by atoms with Gasteiger partial charge in [0.25, 0.3) is 5.91 Å². The summed E-state index contributed by atoms with van der Waals surface area (Å²) < 4.78 is 6.67. The minimum absolute atomic E-state index is 0.0893. The summed E-state index contributed by atoms with van der Waals surface area (Å²) in [7, 11) is 1.60. The maximum absolute atomic E-state index is 12.8. The second-order valence-corrected chi connectivity index (χ2v) is 6.28. The Bertz CT molecular complexity index is 999. The molecule has 8 nitrogen and oxygen atoms in total. The summed E-state index contributed by atoms with van der Waals surface area (Å²) in [4.78, 5) is 23.1. The number of amides is 1. The van der Waals surface area contributed by atoms with E-state index < -0.39 is 4.92 Å². The summed E-state index contributed by atoms with van der Waals surface area (Å²) in [6, 6.07) is 14.4. The quantitative estimate of drug-likeness (QED) is 0.501. The fourth-order valence-corrected chi connectivity index (χ4v) is 2.86. The highest BCUT2D eigenvalue weighted by Crippen LogP contribution is 2.20. The first-order chi connectivity index (χ1) is 13.5. The van der Waals surface area contributed by atoms with Gasteiger partial charge in [0, 0.05) is 5.56 Å². The molecule has 144 valence electrons. The minimum Gasteiger partial charge on any atom is -0.497 e. The van der Waals surface area contributed by atoms with Crippen molar-refractivity contribution in [3.8, 4) is 5.75 Å². The molecule has 0 spiro atoms. The number of ether oxygens (including phenoxy) is 1. The first kappa shape index (κ1) is 19.1. The first-order valence-corrected chi connectivity index (χ1v) is 8.67. The largest absolute Gasteiger partial charge is 0.497 e. The molecular formula is C20H20N4O4. The second kappa shape index (κ2) is 8.34. The van der Waals surface area contributed by atoms with Gasteiger partial charge in [-0.3, -0.25) is 19.6 Å².